The zero-order valence-electron chi connectivity index (χ0n) is 25.7. The highest BCUT2D eigenvalue weighted by molar-refractivity contribution is 9.10. The van der Waals surface area contributed by atoms with Crippen molar-refractivity contribution in [3.63, 3.8) is 0 Å². The minimum Gasteiger partial charge on any atom is -0.385 e. The first kappa shape index (κ1) is 35.8. The Bertz CT molecular complexity index is 1080. The van der Waals surface area contributed by atoms with Crippen LogP contribution in [0.1, 0.15) is 62.2 Å². The van der Waals surface area contributed by atoms with Gasteiger partial charge in [-0.2, -0.15) is 0 Å². The van der Waals surface area contributed by atoms with Gasteiger partial charge in [-0.15, -0.1) is 0 Å². The Kier molecular flexibility index (Phi) is 16.3. The summed E-state index contributed by atoms with van der Waals surface area (Å²) in [5, 5.41) is 24.2. The van der Waals surface area contributed by atoms with Crippen LogP contribution < -0.4 is 21.3 Å². The fraction of sp³-hybridized carbons (Fsp3) is 0.606. The van der Waals surface area contributed by atoms with Gasteiger partial charge in [-0.05, 0) is 87.4 Å². The number of hydrogen-bond acceptors (Lipinski definition) is 6. The maximum atomic E-state index is 11.4. The van der Waals surface area contributed by atoms with E-state index < -0.39 is 5.60 Å². The van der Waals surface area contributed by atoms with Gasteiger partial charge in [0.1, 0.15) is 0 Å². The molecule has 0 aliphatic carbocycles. The first-order chi connectivity index (χ1) is 20.9. The molecule has 2 aliphatic heterocycles. The summed E-state index contributed by atoms with van der Waals surface area (Å²) in [5.74, 6) is 0.694. The third-order valence-electron chi connectivity index (χ3n) is 8.31. The van der Waals surface area contributed by atoms with Crippen molar-refractivity contribution < 1.29 is 19.4 Å². The van der Waals surface area contributed by atoms with E-state index in [0.717, 1.165) is 68.7 Å². The number of urea groups is 1. The van der Waals surface area contributed by atoms with Gasteiger partial charge in [0.15, 0.2) is 0 Å². The van der Waals surface area contributed by atoms with Gasteiger partial charge in [-0.1, -0.05) is 57.9 Å². The van der Waals surface area contributed by atoms with Crippen LogP contribution in [0.15, 0.2) is 53.0 Å². The summed E-state index contributed by atoms with van der Waals surface area (Å²) in [5.41, 5.74) is 1.19. The van der Waals surface area contributed by atoms with Crippen LogP contribution >= 0.6 is 27.5 Å². The molecule has 5 N–H and O–H groups in total. The summed E-state index contributed by atoms with van der Waals surface area (Å²) in [7, 11) is 3.32. The third kappa shape index (κ3) is 11.6. The molecule has 240 valence electrons. The molecule has 2 amide bonds. The lowest BCUT2D eigenvalue weighted by atomic mass is 9.74. The average molecular weight is 682 g/mol. The van der Waals surface area contributed by atoms with Crippen LogP contribution in [-0.2, 0) is 15.1 Å². The lowest BCUT2D eigenvalue weighted by Crippen LogP contribution is -2.45. The summed E-state index contributed by atoms with van der Waals surface area (Å²) in [6.45, 7) is 6.00. The molecule has 4 atom stereocenters. The number of halogens is 2. The van der Waals surface area contributed by atoms with Crippen molar-refractivity contribution in [3.8, 4) is 0 Å². The molecule has 43 heavy (non-hydrogen) atoms. The summed E-state index contributed by atoms with van der Waals surface area (Å²) in [4.78, 5) is 11.2. The molecule has 2 aromatic rings. The summed E-state index contributed by atoms with van der Waals surface area (Å²) in [6, 6.07) is 15.7. The lowest BCUT2D eigenvalue weighted by molar-refractivity contribution is -0.0419. The second-order valence-electron chi connectivity index (χ2n) is 11.4. The number of benzene rings is 2. The number of aliphatic hydroxyl groups is 1. The Morgan fingerprint density at radius 3 is 2.51 bits per heavy atom. The van der Waals surface area contributed by atoms with E-state index in [9.17, 15) is 9.90 Å². The highest BCUT2D eigenvalue weighted by Crippen LogP contribution is 2.39. The number of hydrogen-bond donors (Lipinski definition) is 5. The number of ether oxygens (including phenoxy) is 2. The lowest BCUT2D eigenvalue weighted by Gasteiger charge is -2.39. The van der Waals surface area contributed by atoms with Gasteiger partial charge in [-0.3, -0.25) is 0 Å². The van der Waals surface area contributed by atoms with E-state index in [1.807, 2.05) is 24.3 Å². The molecule has 4 rings (SSSR count). The molecule has 10 heteroatoms. The number of methoxy groups -OCH3 is 1. The summed E-state index contributed by atoms with van der Waals surface area (Å²) >= 11 is 9.78. The van der Waals surface area contributed by atoms with Crippen LogP contribution in [0.5, 0.6) is 0 Å². The maximum Gasteiger partial charge on any atom is 0.314 e. The summed E-state index contributed by atoms with van der Waals surface area (Å²) in [6.07, 6.45) is 6.89. The molecule has 0 spiro atoms. The van der Waals surface area contributed by atoms with Crippen LogP contribution in [0.4, 0.5) is 4.79 Å². The van der Waals surface area contributed by atoms with Crippen molar-refractivity contribution in [3.05, 3.63) is 69.2 Å². The van der Waals surface area contributed by atoms with Crippen LogP contribution in [0.3, 0.4) is 0 Å². The number of nitrogens with one attached hydrogen (secondary N) is 4. The normalized spacial score (nSPS) is 20.7. The molecule has 0 radical (unpaired) electrons. The van der Waals surface area contributed by atoms with Crippen molar-refractivity contribution in [1.82, 2.24) is 21.3 Å². The van der Waals surface area contributed by atoms with Crippen molar-refractivity contribution in [2.75, 3.05) is 60.1 Å². The van der Waals surface area contributed by atoms with Gasteiger partial charge < -0.3 is 35.8 Å². The molecule has 2 saturated heterocycles. The van der Waals surface area contributed by atoms with Crippen molar-refractivity contribution in [1.29, 1.82) is 0 Å². The molecule has 2 fully saturated rings. The molecule has 2 aromatic carbocycles. The monoisotopic (exact) mass is 680 g/mol. The van der Waals surface area contributed by atoms with Crippen LogP contribution in [0.2, 0.25) is 5.02 Å². The predicted molar refractivity (Wildman–Crippen MR) is 178 cm³/mol. The first-order valence-electron chi connectivity index (χ1n) is 15.6. The van der Waals surface area contributed by atoms with Gasteiger partial charge in [0.25, 0.3) is 0 Å². The van der Waals surface area contributed by atoms with Gasteiger partial charge in [0.05, 0.1) is 11.7 Å². The van der Waals surface area contributed by atoms with Crippen LogP contribution in [0.25, 0.3) is 0 Å². The Morgan fingerprint density at radius 1 is 1.09 bits per heavy atom. The SMILES string of the molecule is CNC(=O)NCCC[C@@](O)(c1cccc(Cl)c1)[C@@H]1CCCNC1.COCCCO[C@@H](c1ccccc1Br)[C@@H]1CCCNC1. The number of piperidine rings is 2. The second-order valence-corrected chi connectivity index (χ2v) is 12.6. The molecule has 0 saturated carbocycles. The Balaban J connectivity index is 0.000000238. The zero-order chi connectivity index (χ0) is 30.9. The molecule has 0 unspecified atom stereocenters. The topological polar surface area (TPSA) is 104 Å². The number of rotatable bonds is 13. The Hall–Kier alpha value is -1.72. The van der Waals surface area contributed by atoms with Crippen molar-refractivity contribution in [2.45, 2.75) is 56.7 Å². The number of carbonyl (C=O) groups excluding carboxylic acids is 1. The highest BCUT2D eigenvalue weighted by Gasteiger charge is 2.38. The van der Waals surface area contributed by atoms with Gasteiger partial charge >= 0.3 is 6.03 Å². The standard InChI is InChI=1S/C17H26ClN3O2.C16H24BrNO2/c1-19-16(22)21-10-4-8-17(23,14-6-3-9-20-12-14)13-5-2-7-15(18)11-13;1-19-10-5-11-20-16(13-6-4-9-18-12-13)14-7-2-3-8-15(14)17/h2,5,7,11,14,20,23H,3-4,6,8-10,12H2,1H3,(H2,19,21,22);2-3,7-8,13,16,18H,4-6,9-12H2,1H3/t14-,17-;13-,16-/m11/s1. The quantitative estimate of drug-likeness (QED) is 0.172. The molecular formula is C33H50BrClN4O4. The molecule has 0 bridgehead atoms. The van der Waals surface area contributed by atoms with Gasteiger partial charge in [0.2, 0.25) is 0 Å². The van der Waals surface area contributed by atoms with Crippen LogP contribution in [-0.4, -0.2) is 71.2 Å². The van der Waals surface area contributed by atoms with Gasteiger partial charge in [-0.25, -0.2) is 4.79 Å². The zero-order valence-corrected chi connectivity index (χ0v) is 28.0. The van der Waals surface area contributed by atoms with E-state index in [-0.39, 0.29) is 18.1 Å². The molecule has 8 nitrogen and oxygen atoms in total. The third-order valence-corrected chi connectivity index (χ3v) is 9.27. The van der Waals surface area contributed by atoms with E-state index in [2.05, 4.69) is 61.5 Å². The van der Waals surface area contributed by atoms with E-state index in [1.54, 1.807) is 14.2 Å². The largest absolute Gasteiger partial charge is 0.385 e. The summed E-state index contributed by atoms with van der Waals surface area (Å²) < 4.78 is 12.4. The molecule has 0 aromatic heterocycles. The first-order valence-corrected chi connectivity index (χ1v) is 16.8. The fourth-order valence-corrected chi connectivity index (χ4v) is 6.69. The van der Waals surface area contributed by atoms with E-state index in [1.165, 1.54) is 18.4 Å². The Morgan fingerprint density at radius 2 is 1.86 bits per heavy atom. The fourth-order valence-electron chi connectivity index (χ4n) is 5.99. The highest BCUT2D eigenvalue weighted by atomic mass is 79.9. The maximum absolute atomic E-state index is 11.4. The molecule has 2 heterocycles. The van der Waals surface area contributed by atoms with E-state index in [0.29, 0.717) is 30.3 Å². The smallest absolute Gasteiger partial charge is 0.314 e. The average Bonchev–Trinajstić information content (AvgIpc) is 3.04. The van der Waals surface area contributed by atoms with E-state index in [4.69, 9.17) is 21.1 Å². The minimum absolute atomic E-state index is 0.148. The van der Waals surface area contributed by atoms with Crippen LogP contribution in [0, 0.1) is 11.8 Å². The molecule has 2 aliphatic rings. The number of amides is 2. The van der Waals surface area contributed by atoms with Crippen molar-refractivity contribution in [2.24, 2.45) is 11.8 Å². The van der Waals surface area contributed by atoms with Crippen molar-refractivity contribution >= 4 is 33.6 Å². The predicted octanol–water partition coefficient (Wildman–Crippen LogP) is 5.78. The number of carbonyl (C=O) groups is 1. The second kappa shape index (κ2) is 19.6. The minimum atomic E-state index is -0.928. The van der Waals surface area contributed by atoms with E-state index >= 15 is 0 Å². The van der Waals surface area contributed by atoms with Gasteiger partial charge in [0, 0.05) is 68.3 Å². The Labute approximate surface area is 271 Å². The molecular weight excluding hydrogens is 632 g/mol.